The molecule has 1 aliphatic rings. The molecule has 1 aliphatic heterocycles. The van der Waals surface area contributed by atoms with Crippen LogP contribution in [0.3, 0.4) is 0 Å². The summed E-state index contributed by atoms with van der Waals surface area (Å²) in [6.07, 6.45) is 1.96. The predicted octanol–water partition coefficient (Wildman–Crippen LogP) is 2.00. The van der Waals surface area contributed by atoms with Gasteiger partial charge in [-0.25, -0.2) is 0 Å². The molecule has 2 heteroatoms. The van der Waals surface area contributed by atoms with Crippen LogP contribution in [0.4, 0.5) is 0 Å². The first-order valence-corrected chi connectivity index (χ1v) is 6.10. The van der Waals surface area contributed by atoms with Gasteiger partial charge in [0.05, 0.1) is 7.77 Å². The Labute approximate surface area is 79.9 Å². The Hall–Kier alpha value is -0.650. The molecule has 0 aliphatic carbocycles. The van der Waals surface area contributed by atoms with Gasteiger partial charge in [-0.05, 0) is 6.42 Å². The molecule has 1 aromatic carbocycles. The second-order valence-corrected chi connectivity index (χ2v) is 5.23. The van der Waals surface area contributed by atoms with Crippen molar-refractivity contribution in [1.29, 1.82) is 0 Å². The molecule has 2 unspecified atom stereocenters. The van der Waals surface area contributed by atoms with Crippen LogP contribution in [0.2, 0.25) is 0 Å². The molecule has 13 heavy (non-hydrogen) atoms. The SMILES string of the molecule is CC1CC[P+]([O-])=C1c1ccccc1. The lowest BCUT2D eigenvalue weighted by molar-refractivity contribution is -0.152. The molecule has 2 rings (SSSR count). The Bertz CT molecular complexity index is 329. The minimum atomic E-state index is -1.08. The zero-order valence-electron chi connectivity index (χ0n) is 7.73. The summed E-state index contributed by atoms with van der Waals surface area (Å²) in [7, 11) is -1.08. The fourth-order valence-electron chi connectivity index (χ4n) is 1.85. The molecule has 0 spiro atoms. The van der Waals surface area contributed by atoms with E-state index in [9.17, 15) is 4.89 Å². The first kappa shape index (κ1) is 8.93. The van der Waals surface area contributed by atoms with E-state index in [1.807, 2.05) is 18.2 Å². The molecule has 0 N–H and O–H groups in total. The van der Waals surface area contributed by atoms with Crippen LogP contribution in [0.25, 0.3) is 0 Å². The van der Waals surface area contributed by atoms with Crippen molar-refractivity contribution in [3.63, 3.8) is 0 Å². The van der Waals surface area contributed by atoms with Crippen molar-refractivity contribution in [3.05, 3.63) is 35.9 Å². The third kappa shape index (κ3) is 1.67. The van der Waals surface area contributed by atoms with Gasteiger partial charge in [0.25, 0.3) is 0 Å². The monoisotopic (exact) mass is 192 g/mol. The Kier molecular flexibility index (Phi) is 2.48. The van der Waals surface area contributed by atoms with Gasteiger partial charge in [-0.3, -0.25) is 0 Å². The third-order valence-corrected chi connectivity index (χ3v) is 4.47. The number of rotatable bonds is 1. The summed E-state index contributed by atoms with van der Waals surface area (Å²) in [5, 5.41) is 1.18. The van der Waals surface area contributed by atoms with Crippen molar-refractivity contribution in [2.24, 2.45) is 5.92 Å². The third-order valence-electron chi connectivity index (χ3n) is 2.57. The van der Waals surface area contributed by atoms with E-state index in [0.717, 1.165) is 12.6 Å². The summed E-state index contributed by atoms with van der Waals surface area (Å²) in [5.74, 6) is 0.506. The largest absolute Gasteiger partial charge is 0.630 e. The van der Waals surface area contributed by atoms with Crippen molar-refractivity contribution in [2.45, 2.75) is 13.3 Å². The maximum atomic E-state index is 11.7. The van der Waals surface area contributed by atoms with Crippen molar-refractivity contribution < 1.29 is 4.89 Å². The highest BCUT2D eigenvalue weighted by Crippen LogP contribution is 2.34. The fourth-order valence-corrected chi connectivity index (χ4v) is 3.77. The minimum Gasteiger partial charge on any atom is -0.630 e. The van der Waals surface area contributed by atoms with Gasteiger partial charge in [0.1, 0.15) is 11.5 Å². The van der Waals surface area contributed by atoms with Crippen molar-refractivity contribution >= 4 is 13.1 Å². The van der Waals surface area contributed by atoms with Gasteiger partial charge >= 0.3 is 0 Å². The second kappa shape index (κ2) is 3.61. The number of hydrogen-bond donors (Lipinski definition) is 0. The molecule has 0 saturated heterocycles. The van der Waals surface area contributed by atoms with Gasteiger partial charge in [0, 0.05) is 11.5 Å². The lowest BCUT2D eigenvalue weighted by atomic mass is 9.99. The van der Waals surface area contributed by atoms with Crippen LogP contribution in [0.15, 0.2) is 30.3 Å². The zero-order chi connectivity index (χ0) is 9.26. The number of benzene rings is 1. The standard InChI is InChI=1S/C11H13OP/c1-9-7-8-13(12)11(9)10-5-3-2-4-6-10/h2-6,9H,7-8H2,1H3. The van der Waals surface area contributed by atoms with Gasteiger partial charge < -0.3 is 4.89 Å². The highest BCUT2D eigenvalue weighted by atomic mass is 31.1. The Balaban J connectivity index is 2.41. The van der Waals surface area contributed by atoms with Crippen LogP contribution in [-0.4, -0.2) is 11.5 Å². The summed E-state index contributed by atoms with van der Waals surface area (Å²) in [4.78, 5) is 11.7. The molecule has 0 fully saturated rings. The van der Waals surface area contributed by atoms with E-state index >= 15 is 0 Å². The molecule has 0 amide bonds. The van der Waals surface area contributed by atoms with Crippen molar-refractivity contribution in [2.75, 3.05) is 6.16 Å². The molecule has 0 saturated carbocycles. The molecule has 1 aromatic rings. The first-order chi connectivity index (χ1) is 6.29. The molecular weight excluding hydrogens is 179 g/mol. The maximum absolute atomic E-state index is 11.7. The van der Waals surface area contributed by atoms with Gasteiger partial charge in [0.2, 0.25) is 0 Å². The second-order valence-electron chi connectivity index (χ2n) is 3.54. The van der Waals surface area contributed by atoms with Gasteiger partial charge in [-0.2, -0.15) is 0 Å². The summed E-state index contributed by atoms with van der Waals surface area (Å²) in [6, 6.07) is 10.1. The van der Waals surface area contributed by atoms with Crippen LogP contribution in [0.1, 0.15) is 18.9 Å². The van der Waals surface area contributed by atoms with E-state index in [1.165, 1.54) is 10.9 Å². The van der Waals surface area contributed by atoms with E-state index in [4.69, 9.17) is 0 Å². The van der Waals surface area contributed by atoms with Crippen molar-refractivity contribution in [3.8, 4) is 0 Å². The molecule has 0 bridgehead atoms. The molecule has 2 atom stereocenters. The van der Waals surface area contributed by atoms with E-state index in [0.29, 0.717) is 5.92 Å². The van der Waals surface area contributed by atoms with Crippen LogP contribution in [0.5, 0.6) is 0 Å². The molecule has 68 valence electrons. The fraction of sp³-hybridized carbons (Fsp3) is 0.364. The van der Waals surface area contributed by atoms with Gasteiger partial charge in [-0.1, -0.05) is 37.3 Å². The number of hydrogen-bond acceptors (Lipinski definition) is 1. The normalized spacial score (nSPS) is 25.2. The van der Waals surface area contributed by atoms with Crippen LogP contribution < -0.4 is 4.89 Å². The van der Waals surface area contributed by atoms with E-state index in [1.54, 1.807) is 0 Å². The highest BCUT2D eigenvalue weighted by Gasteiger charge is 2.27. The lowest BCUT2D eigenvalue weighted by Gasteiger charge is -2.04. The van der Waals surface area contributed by atoms with Crippen molar-refractivity contribution in [1.82, 2.24) is 0 Å². The molecule has 0 aromatic heterocycles. The van der Waals surface area contributed by atoms with Gasteiger partial charge in [0.15, 0.2) is 0 Å². The topological polar surface area (TPSA) is 23.1 Å². The summed E-state index contributed by atoms with van der Waals surface area (Å²) >= 11 is 0. The summed E-state index contributed by atoms with van der Waals surface area (Å²) in [6.45, 7) is 2.17. The van der Waals surface area contributed by atoms with E-state index in [-0.39, 0.29) is 0 Å². The highest BCUT2D eigenvalue weighted by molar-refractivity contribution is 7.53. The average molecular weight is 192 g/mol. The van der Waals surface area contributed by atoms with Crippen LogP contribution in [0, 0.1) is 5.92 Å². The Morgan fingerprint density at radius 2 is 2.00 bits per heavy atom. The van der Waals surface area contributed by atoms with Gasteiger partial charge in [-0.15, -0.1) is 0 Å². The molecule has 1 nitrogen and oxygen atoms in total. The minimum absolute atomic E-state index is 0.506. The Morgan fingerprint density at radius 3 is 2.54 bits per heavy atom. The van der Waals surface area contributed by atoms with Crippen LogP contribution in [-0.2, 0) is 0 Å². The summed E-state index contributed by atoms with van der Waals surface area (Å²) < 4.78 is 0. The summed E-state index contributed by atoms with van der Waals surface area (Å²) in [5.41, 5.74) is 1.17. The maximum Gasteiger partial charge on any atom is 0.127 e. The smallest absolute Gasteiger partial charge is 0.127 e. The molecule has 1 heterocycles. The zero-order valence-corrected chi connectivity index (χ0v) is 8.63. The van der Waals surface area contributed by atoms with E-state index < -0.39 is 7.77 Å². The molecular formula is C11H13OP. The predicted molar refractivity (Wildman–Crippen MR) is 56.1 cm³/mol. The average Bonchev–Trinajstić information content (AvgIpc) is 2.48. The van der Waals surface area contributed by atoms with Crippen LogP contribution >= 0.6 is 7.77 Å². The van der Waals surface area contributed by atoms with E-state index in [2.05, 4.69) is 19.1 Å². The Morgan fingerprint density at radius 1 is 1.31 bits per heavy atom. The quantitative estimate of drug-likeness (QED) is 0.624. The lowest BCUT2D eigenvalue weighted by Crippen LogP contribution is -2.08. The first-order valence-electron chi connectivity index (χ1n) is 4.66. The molecule has 0 radical (unpaired) electrons.